The molecule has 0 radical (unpaired) electrons. The van der Waals surface area contributed by atoms with E-state index in [0.717, 1.165) is 13.1 Å². The number of rotatable bonds is 3. The monoisotopic (exact) mass is 265 g/mol. The molecule has 0 saturated carbocycles. The quantitative estimate of drug-likeness (QED) is 0.807. The van der Waals surface area contributed by atoms with Gasteiger partial charge in [0.15, 0.2) is 0 Å². The summed E-state index contributed by atoms with van der Waals surface area (Å²) in [5.41, 5.74) is 0. The first-order valence-corrected chi connectivity index (χ1v) is 6.47. The van der Waals surface area contributed by atoms with Gasteiger partial charge in [-0.1, -0.05) is 0 Å². The second kappa shape index (κ2) is 6.33. The van der Waals surface area contributed by atoms with Crippen LogP contribution in [0.25, 0.3) is 0 Å². The lowest BCUT2D eigenvalue weighted by Crippen LogP contribution is -2.51. The van der Waals surface area contributed by atoms with Crippen molar-refractivity contribution in [2.45, 2.75) is 6.92 Å². The molecular formula is C12H19N5O2. The molecule has 1 N–H and O–H groups in total. The topological polar surface area (TPSA) is 70.5 Å². The maximum Gasteiger partial charge on any atom is 0.329 e. The molecule has 0 bridgehead atoms. The van der Waals surface area contributed by atoms with Crippen LogP contribution in [0.4, 0.5) is 4.79 Å². The molecule has 1 fully saturated rings. The van der Waals surface area contributed by atoms with Gasteiger partial charge in [-0.3, -0.25) is 14.3 Å². The number of hydrogen-bond acceptors (Lipinski definition) is 4. The second-order valence-corrected chi connectivity index (χ2v) is 4.47. The van der Waals surface area contributed by atoms with Crippen molar-refractivity contribution in [3.63, 3.8) is 0 Å². The van der Waals surface area contributed by atoms with E-state index in [4.69, 9.17) is 0 Å². The summed E-state index contributed by atoms with van der Waals surface area (Å²) in [7, 11) is 0. The molecule has 2 heterocycles. The summed E-state index contributed by atoms with van der Waals surface area (Å²) in [4.78, 5) is 31.2. The molecule has 1 aromatic rings. The van der Waals surface area contributed by atoms with Crippen LogP contribution in [0.2, 0.25) is 0 Å². The van der Waals surface area contributed by atoms with Crippen LogP contribution in [0.15, 0.2) is 18.7 Å². The Morgan fingerprint density at radius 1 is 1.26 bits per heavy atom. The molecule has 7 nitrogen and oxygen atoms in total. The highest BCUT2D eigenvalue weighted by molar-refractivity contribution is 5.78. The van der Waals surface area contributed by atoms with Crippen molar-refractivity contribution < 1.29 is 9.59 Å². The largest absolute Gasteiger partial charge is 0.355 e. The van der Waals surface area contributed by atoms with Gasteiger partial charge in [0.2, 0.25) is 5.91 Å². The second-order valence-electron chi connectivity index (χ2n) is 4.47. The van der Waals surface area contributed by atoms with Gasteiger partial charge in [0.1, 0.15) is 6.33 Å². The molecule has 1 aliphatic rings. The van der Waals surface area contributed by atoms with Crippen LogP contribution in [-0.2, 0) is 4.79 Å². The number of amides is 2. The summed E-state index contributed by atoms with van der Waals surface area (Å²) >= 11 is 0. The third-order valence-corrected chi connectivity index (χ3v) is 3.11. The van der Waals surface area contributed by atoms with Crippen LogP contribution in [0.3, 0.4) is 0 Å². The van der Waals surface area contributed by atoms with Crippen molar-refractivity contribution in [3.8, 4) is 0 Å². The van der Waals surface area contributed by atoms with Crippen LogP contribution in [0.1, 0.15) is 6.92 Å². The highest BCUT2D eigenvalue weighted by Gasteiger charge is 2.22. The summed E-state index contributed by atoms with van der Waals surface area (Å²) in [6.07, 6.45) is 4.73. The standard InChI is InChI=1S/C12H19N5O2/c1-2-14-11(18)9-15-5-7-16(8-6-15)12(19)17-4-3-13-10-17/h3-4,10H,2,5-9H2,1H3,(H,14,18). The van der Waals surface area contributed by atoms with Crippen LogP contribution >= 0.6 is 0 Å². The first-order chi connectivity index (χ1) is 9.20. The normalized spacial score (nSPS) is 16.4. The van der Waals surface area contributed by atoms with Crippen molar-refractivity contribution in [3.05, 3.63) is 18.7 Å². The molecular weight excluding hydrogens is 246 g/mol. The molecule has 2 amide bonds. The molecule has 0 aromatic carbocycles. The molecule has 1 aromatic heterocycles. The highest BCUT2D eigenvalue weighted by atomic mass is 16.2. The number of nitrogens with one attached hydrogen (secondary N) is 1. The Labute approximate surface area is 112 Å². The zero-order chi connectivity index (χ0) is 13.7. The lowest BCUT2D eigenvalue weighted by molar-refractivity contribution is -0.122. The molecule has 7 heteroatoms. The number of likely N-dealkylation sites (N-methyl/N-ethyl adjacent to an activating group) is 1. The molecule has 2 rings (SSSR count). The predicted molar refractivity (Wildman–Crippen MR) is 69.7 cm³/mol. The van der Waals surface area contributed by atoms with Crippen molar-refractivity contribution in [1.82, 2.24) is 24.7 Å². The summed E-state index contributed by atoms with van der Waals surface area (Å²) in [6.45, 7) is 5.67. The number of imidazole rings is 1. The minimum atomic E-state index is -0.0600. The summed E-state index contributed by atoms with van der Waals surface area (Å²) in [5, 5.41) is 2.78. The van der Waals surface area contributed by atoms with E-state index in [1.807, 2.05) is 6.92 Å². The fraction of sp³-hybridized carbons (Fsp3) is 0.583. The minimum Gasteiger partial charge on any atom is -0.355 e. The van der Waals surface area contributed by atoms with E-state index < -0.39 is 0 Å². The molecule has 0 unspecified atom stereocenters. The molecule has 1 aliphatic heterocycles. The Morgan fingerprint density at radius 3 is 2.58 bits per heavy atom. The van der Waals surface area contributed by atoms with Crippen LogP contribution in [0.5, 0.6) is 0 Å². The van der Waals surface area contributed by atoms with Crippen LogP contribution < -0.4 is 5.32 Å². The Balaban J connectivity index is 1.79. The number of nitrogens with zero attached hydrogens (tertiary/aromatic N) is 4. The Morgan fingerprint density at radius 2 is 2.00 bits per heavy atom. The lowest BCUT2D eigenvalue weighted by atomic mass is 10.3. The number of piperazine rings is 1. The Kier molecular flexibility index (Phi) is 4.51. The van der Waals surface area contributed by atoms with Crippen molar-refractivity contribution in [1.29, 1.82) is 0 Å². The van der Waals surface area contributed by atoms with Gasteiger partial charge in [0, 0.05) is 45.1 Å². The number of carbonyl (C=O) groups is 2. The smallest absolute Gasteiger partial charge is 0.329 e. The first-order valence-electron chi connectivity index (χ1n) is 6.47. The third-order valence-electron chi connectivity index (χ3n) is 3.11. The Bertz CT molecular complexity index is 423. The summed E-state index contributed by atoms with van der Waals surface area (Å²) < 4.78 is 1.47. The van der Waals surface area contributed by atoms with Gasteiger partial charge in [-0.05, 0) is 6.92 Å². The first kappa shape index (κ1) is 13.5. The van der Waals surface area contributed by atoms with Gasteiger partial charge in [-0.15, -0.1) is 0 Å². The molecule has 104 valence electrons. The number of aromatic nitrogens is 2. The lowest BCUT2D eigenvalue weighted by Gasteiger charge is -2.34. The third kappa shape index (κ3) is 3.54. The number of carbonyl (C=O) groups excluding carboxylic acids is 2. The fourth-order valence-electron chi connectivity index (χ4n) is 2.09. The van der Waals surface area contributed by atoms with Gasteiger partial charge in [-0.2, -0.15) is 0 Å². The average molecular weight is 265 g/mol. The van der Waals surface area contributed by atoms with E-state index in [2.05, 4.69) is 15.2 Å². The maximum absolute atomic E-state index is 12.0. The van der Waals surface area contributed by atoms with Gasteiger partial charge in [0.25, 0.3) is 0 Å². The van der Waals surface area contributed by atoms with Crippen LogP contribution in [-0.4, -0.2) is 70.6 Å². The van der Waals surface area contributed by atoms with Crippen molar-refractivity contribution in [2.75, 3.05) is 39.3 Å². The molecule has 0 aliphatic carbocycles. The van der Waals surface area contributed by atoms with E-state index >= 15 is 0 Å². The molecule has 0 atom stereocenters. The SMILES string of the molecule is CCNC(=O)CN1CCN(C(=O)n2ccnc2)CC1. The van der Waals surface area contributed by atoms with E-state index in [0.29, 0.717) is 26.2 Å². The summed E-state index contributed by atoms with van der Waals surface area (Å²) in [6, 6.07) is -0.0600. The predicted octanol–water partition coefficient (Wildman–Crippen LogP) is -0.395. The van der Waals surface area contributed by atoms with Gasteiger partial charge in [0.05, 0.1) is 6.54 Å². The molecule has 0 spiro atoms. The zero-order valence-electron chi connectivity index (χ0n) is 11.1. The van der Waals surface area contributed by atoms with Crippen molar-refractivity contribution >= 4 is 11.9 Å². The molecule has 19 heavy (non-hydrogen) atoms. The fourth-order valence-corrected chi connectivity index (χ4v) is 2.09. The number of hydrogen-bond donors (Lipinski definition) is 1. The maximum atomic E-state index is 12.0. The highest BCUT2D eigenvalue weighted by Crippen LogP contribution is 2.04. The van der Waals surface area contributed by atoms with E-state index in [1.54, 1.807) is 17.3 Å². The van der Waals surface area contributed by atoms with Crippen LogP contribution in [0, 0.1) is 0 Å². The van der Waals surface area contributed by atoms with E-state index in [1.165, 1.54) is 10.9 Å². The van der Waals surface area contributed by atoms with Crippen molar-refractivity contribution in [2.24, 2.45) is 0 Å². The van der Waals surface area contributed by atoms with E-state index in [9.17, 15) is 9.59 Å². The minimum absolute atomic E-state index is 0.0388. The van der Waals surface area contributed by atoms with Gasteiger partial charge in [-0.25, -0.2) is 9.78 Å². The van der Waals surface area contributed by atoms with E-state index in [-0.39, 0.29) is 11.9 Å². The van der Waals surface area contributed by atoms with Gasteiger partial charge < -0.3 is 10.2 Å². The van der Waals surface area contributed by atoms with Gasteiger partial charge >= 0.3 is 6.03 Å². The zero-order valence-corrected chi connectivity index (χ0v) is 11.1. The Hall–Kier alpha value is -1.89. The average Bonchev–Trinajstić information content (AvgIpc) is 2.93. The molecule has 1 saturated heterocycles. The summed E-state index contributed by atoms with van der Waals surface area (Å²) in [5.74, 6) is 0.0388.